The Morgan fingerprint density at radius 3 is 2.71 bits per heavy atom. The van der Waals surface area contributed by atoms with Crippen molar-refractivity contribution in [1.82, 2.24) is 0 Å². The first-order valence-corrected chi connectivity index (χ1v) is 4.65. The predicted octanol–water partition coefficient (Wildman–Crippen LogP) is 1.76. The van der Waals surface area contributed by atoms with Gasteiger partial charge in [-0.1, -0.05) is 11.6 Å². The molecule has 0 spiro atoms. The van der Waals surface area contributed by atoms with Gasteiger partial charge in [0.1, 0.15) is 0 Å². The van der Waals surface area contributed by atoms with E-state index in [1.54, 1.807) is 0 Å². The predicted molar refractivity (Wildman–Crippen MR) is 49.5 cm³/mol. The van der Waals surface area contributed by atoms with E-state index in [0.29, 0.717) is 0 Å². The minimum absolute atomic E-state index is 0.146. The van der Waals surface area contributed by atoms with E-state index >= 15 is 0 Å². The van der Waals surface area contributed by atoms with Crippen LogP contribution in [-0.4, -0.2) is 13.7 Å². The number of hydrogen-bond donors (Lipinski definition) is 1. The summed E-state index contributed by atoms with van der Waals surface area (Å²) in [5, 5.41) is 10.6. The summed E-state index contributed by atoms with van der Waals surface area (Å²) >= 11 is 2.90. The van der Waals surface area contributed by atoms with Gasteiger partial charge in [-0.05, 0) is 12.1 Å². The fraction of sp³-hybridized carbons (Fsp3) is 0. The van der Waals surface area contributed by atoms with Crippen LogP contribution in [0.25, 0.3) is 0 Å². The molecule has 0 radical (unpaired) electrons. The van der Waals surface area contributed by atoms with Crippen LogP contribution in [0, 0.1) is 10.1 Å². The third-order valence-electron chi connectivity index (χ3n) is 1.28. The number of benzene rings is 1. The van der Waals surface area contributed by atoms with E-state index in [4.69, 9.17) is 16.2 Å². The van der Waals surface area contributed by atoms with Gasteiger partial charge in [-0.2, -0.15) is 4.21 Å². The Balaban J connectivity index is 3.14. The van der Waals surface area contributed by atoms with Crippen molar-refractivity contribution in [3.63, 3.8) is 0 Å². The summed E-state index contributed by atoms with van der Waals surface area (Å²) in [6.45, 7) is 0. The maximum Gasteiger partial charge on any atom is 0.357 e. The first-order chi connectivity index (χ1) is 6.50. The molecule has 1 rings (SSSR count). The van der Waals surface area contributed by atoms with Gasteiger partial charge in [0.25, 0.3) is 0 Å². The highest BCUT2D eigenvalue weighted by atomic mass is 35.5. The van der Waals surface area contributed by atoms with E-state index < -0.39 is 22.0 Å². The number of nitro benzene ring substituents is 1. The normalized spacial score (nSPS) is 12.1. The second-order valence-corrected chi connectivity index (χ2v) is 3.21. The second kappa shape index (κ2) is 4.36. The van der Waals surface area contributed by atoms with Crippen molar-refractivity contribution < 1.29 is 17.9 Å². The molecule has 0 saturated carbocycles. The standard InChI is InChI=1S/C6H4ClNO5S/c7-4-1-2-6(13-14(11)12)5(3-4)8(9)10/h1-3H,(H,11,12). The van der Waals surface area contributed by atoms with E-state index in [1.165, 1.54) is 6.07 Å². The van der Waals surface area contributed by atoms with Crippen LogP contribution in [0.1, 0.15) is 0 Å². The highest BCUT2D eigenvalue weighted by Crippen LogP contribution is 2.30. The SMILES string of the molecule is O=[N+]([O-])c1cc(Cl)ccc1OS(=O)O. The largest absolute Gasteiger partial charge is 0.373 e. The van der Waals surface area contributed by atoms with Crippen molar-refractivity contribution in [1.29, 1.82) is 0 Å². The van der Waals surface area contributed by atoms with Crippen molar-refractivity contribution in [3.8, 4) is 5.75 Å². The van der Waals surface area contributed by atoms with E-state index in [2.05, 4.69) is 4.18 Å². The van der Waals surface area contributed by atoms with Gasteiger partial charge < -0.3 is 4.18 Å². The lowest BCUT2D eigenvalue weighted by Gasteiger charge is -2.00. The zero-order valence-electron chi connectivity index (χ0n) is 6.55. The number of nitro groups is 1. The Labute approximate surface area is 86.1 Å². The van der Waals surface area contributed by atoms with Gasteiger partial charge >= 0.3 is 17.0 Å². The monoisotopic (exact) mass is 237 g/mol. The van der Waals surface area contributed by atoms with Crippen LogP contribution in [0.4, 0.5) is 5.69 Å². The summed E-state index contributed by atoms with van der Waals surface area (Å²) in [7, 11) is 0. The molecule has 0 heterocycles. The van der Waals surface area contributed by atoms with Crippen LogP contribution in [-0.2, 0) is 11.4 Å². The van der Waals surface area contributed by atoms with Crippen LogP contribution in [0.2, 0.25) is 5.02 Å². The van der Waals surface area contributed by atoms with Crippen LogP contribution >= 0.6 is 11.6 Å². The third-order valence-corrected chi connectivity index (χ3v) is 1.84. The summed E-state index contributed by atoms with van der Waals surface area (Å²) in [6, 6.07) is 3.50. The molecule has 0 amide bonds. The zero-order chi connectivity index (χ0) is 10.7. The molecule has 1 aromatic rings. The Kier molecular flexibility index (Phi) is 3.39. The second-order valence-electron chi connectivity index (χ2n) is 2.17. The van der Waals surface area contributed by atoms with Crippen molar-refractivity contribution in [2.24, 2.45) is 0 Å². The Morgan fingerprint density at radius 1 is 1.57 bits per heavy atom. The molecule has 1 N–H and O–H groups in total. The fourth-order valence-electron chi connectivity index (χ4n) is 0.780. The topological polar surface area (TPSA) is 89.7 Å². The molecule has 0 aromatic heterocycles. The maximum absolute atomic E-state index is 10.4. The third kappa shape index (κ3) is 2.66. The Morgan fingerprint density at radius 2 is 2.21 bits per heavy atom. The van der Waals surface area contributed by atoms with Gasteiger partial charge in [-0.3, -0.25) is 14.7 Å². The van der Waals surface area contributed by atoms with Gasteiger partial charge in [-0.25, -0.2) is 0 Å². The molecule has 0 aliphatic heterocycles. The first-order valence-electron chi connectivity index (χ1n) is 3.24. The molecule has 0 aliphatic rings. The van der Waals surface area contributed by atoms with Crippen LogP contribution in [0.3, 0.4) is 0 Å². The molecule has 0 fully saturated rings. The van der Waals surface area contributed by atoms with Crippen LogP contribution in [0.15, 0.2) is 18.2 Å². The molecule has 0 saturated heterocycles. The van der Waals surface area contributed by atoms with E-state index in [1.807, 2.05) is 0 Å². The summed E-state index contributed by atoms with van der Waals surface area (Å²) in [5.74, 6) is -0.305. The van der Waals surface area contributed by atoms with Gasteiger partial charge in [0, 0.05) is 11.1 Å². The van der Waals surface area contributed by atoms with Crippen LogP contribution in [0.5, 0.6) is 5.75 Å². The molecule has 6 nitrogen and oxygen atoms in total. The lowest BCUT2D eigenvalue weighted by atomic mass is 10.3. The van der Waals surface area contributed by atoms with Gasteiger partial charge in [0.15, 0.2) is 0 Å². The Hall–Kier alpha value is -1.18. The molecule has 1 atom stereocenters. The molecule has 1 aromatic carbocycles. The lowest BCUT2D eigenvalue weighted by molar-refractivity contribution is -0.385. The van der Waals surface area contributed by atoms with Crippen molar-refractivity contribution in [3.05, 3.63) is 33.3 Å². The van der Waals surface area contributed by atoms with Gasteiger partial charge in [0.2, 0.25) is 5.75 Å². The molecule has 14 heavy (non-hydrogen) atoms. The highest BCUT2D eigenvalue weighted by molar-refractivity contribution is 7.74. The van der Waals surface area contributed by atoms with Crippen LogP contribution < -0.4 is 4.18 Å². The molecule has 1 unspecified atom stereocenters. The first kappa shape index (κ1) is 10.9. The summed E-state index contributed by atoms with van der Waals surface area (Å²) in [4.78, 5) is 9.69. The molecule has 76 valence electrons. The molecule has 0 bridgehead atoms. The molecular weight excluding hydrogens is 234 g/mol. The molecule has 0 aliphatic carbocycles. The van der Waals surface area contributed by atoms with E-state index in [-0.39, 0.29) is 10.8 Å². The van der Waals surface area contributed by atoms with E-state index in [9.17, 15) is 14.3 Å². The minimum atomic E-state index is -2.60. The van der Waals surface area contributed by atoms with Gasteiger partial charge in [0.05, 0.1) is 4.92 Å². The van der Waals surface area contributed by atoms with Crippen molar-refractivity contribution in [2.45, 2.75) is 0 Å². The summed E-state index contributed by atoms with van der Waals surface area (Å²) in [6.07, 6.45) is 0. The van der Waals surface area contributed by atoms with E-state index in [0.717, 1.165) is 12.1 Å². The van der Waals surface area contributed by atoms with Crippen molar-refractivity contribution >= 4 is 28.6 Å². The lowest BCUT2D eigenvalue weighted by Crippen LogP contribution is -2.00. The number of halogens is 1. The van der Waals surface area contributed by atoms with Gasteiger partial charge in [-0.15, -0.1) is 0 Å². The maximum atomic E-state index is 10.4. The number of hydrogen-bond acceptors (Lipinski definition) is 4. The average Bonchev–Trinajstić information content (AvgIpc) is 2.07. The highest BCUT2D eigenvalue weighted by Gasteiger charge is 2.17. The quantitative estimate of drug-likeness (QED) is 0.491. The molecule has 8 heteroatoms. The summed E-state index contributed by atoms with van der Waals surface area (Å²) in [5.41, 5.74) is -0.458. The average molecular weight is 238 g/mol. The fourth-order valence-corrected chi connectivity index (χ4v) is 1.24. The number of nitrogens with zero attached hydrogens (tertiary/aromatic N) is 1. The smallest absolute Gasteiger partial charge is 0.357 e. The summed E-state index contributed by atoms with van der Waals surface area (Å²) < 4.78 is 22.9. The Bertz CT molecular complexity index is 396. The molecular formula is C6H4ClNO5S. The minimum Gasteiger partial charge on any atom is -0.373 e. The zero-order valence-corrected chi connectivity index (χ0v) is 8.12. The van der Waals surface area contributed by atoms with Crippen molar-refractivity contribution in [2.75, 3.05) is 0 Å². The number of rotatable bonds is 3.